The maximum Gasteiger partial charge on any atom is 0.215 e. The third kappa shape index (κ3) is 1.92. The molecule has 0 saturated heterocycles. The first-order chi connectivity index (χ1) is 9.58. The summed E-state index contributed by atoms with van der Waals surface area (Å²) in [6.07, 6.45) is 1.20. The van der Waals surface area contributed by atoms with E-state index in [0.717, 1.165) is 0 Å². The van der Waals surface area contributed by atoms with Crippen molar-refractivity contribution in [3.05, 3.63) is 58.1 Å². The second kappa shape index (κ2) is 4.61. The molecule has 0 amide bonds. The number of aromatic nitrogens is 1. The lowest BCUT2D eigenvalue weighted by Gasteiger charge is -2.14. The molecule has 1 aliphatic rings. The average molecular weight is 289 g/mol. The first-order valence-electron chi connectivity index (χ1n) is 5.86. The predicted octanol–water partition coefficient (Wildman–Crippen LogP) is 3.01. The zero-order valence-electron chi connectivity index (χ0n) is 10.4. The summed E-state index contributed by atoms with van der Waals surface area (Å²) >= 11 is 6.02. The normalized spacial score (nSPS) is 14.0. The van der Waals surface area contributed by atoms with Gasteiger partial charge in [-0.25, -0.2) is 0 Å². The minimum atomic E-state index is -0.369. The van der Waals surface area contributed by atoms with Gasteiger partial charge in [0, 0.05) is 6.08 Å². The van der Waals surface area contributed by atoms with Crippen LogP contribution in [0.2, 0.25) is 5.02 Å². The van der Waals surface area contributed by atoms with Crippen LogP contribution in [0, 0.1) is 6.92 Å². The van der Waals surface area contributed by atoms with Crippen molar-refractivity contribution in [1.82, 2.24) is 5.16 Å². The van der Waals surface area contributed by atoms with Crippen LogP contribution in [0.4, 0.5) is 5.69 Å². The van der Waals surface area contributed by atoms with E-state index < -0.39 is 0 Å². The molecule has 1 heterocycles. The van der Waals surface area contributed by atoms with E-state index in [9.17, 15) is 9.59 Å². The first kappa shape index (κ1) is 12.6. The zero-order valence-corrected chi connectivity index (χ0v) is 11.2. The van der Waals surface area contributed by atoms with Crippen LogP contribution < -0.4 is 5.32 Å². The van der Waals surface area contributed by atoms with Gasteiger partial charge in [0.1, 0.15) is 5.76 Å². The smallest absolute Gasteiger partial charge is 0.215 e. The van der Waals surface area contributed by atoms with Crippen LogP contribution in [0.15, 0.2) is 40.6 Å². The first-order valence-corrected chi connectivity index (χ1v) is 6.24. The number of allylic oxidation sites excluding steroid dienone is 2. The maximum absolute atomic E-state index is 12.3. The van der Waals surface area contributed by atoms with Crippen LogP contribution in [0.5, 0.6) is 0 Å². The fourth-order valence-corrected chi connectivity index (χ4v) is 2.19. The molecule has 1 aliphatic carbocycles. The van der Waals surface area contributed by atoms with Crippen molar-refractivity contribution >= 4 is 28.9 Å². The van der Waals surface area contributed by atoms with Crippen molar-refractivity contribution in [3.63, 3.8) is 0 Å². The summed E-state index contributed by atoms with van der Waals surface area (Å²) in [4.78, 5) is 24.2. The van der Waals surface area contributed by atoms with Gasteiger partial charge in [0.2, 0.25) is 11.6 Å². The lowest BCUT2D eigenvalue weighted by Crippen LogP contribution is -2.21. The Bertz CT molecular complexity index is 762. The van der Waals surface area contributed by atoms with E-state index in [1.54, 1.807) is 31.2 Å². The number of rotatable bonds is 2. The van der Waals surface area contributed by atoms with Gasteiger partial charge in [0.15, 0.2) is 5.69 Å². The van der Waals surface area contributed by atoms with Gasteiger partial charge in [-0.3, -0.25) is 9.59 Å². The Morgan fingerprint density at radius 1 is 1.25 bits per heavy atom. The highest BCUT2D eigenvalue weighted by atomic mass is 35.5. The van der Waals surface area contributed by atoms with Crippen molar-refractivity contribution in [2.75, 3.05) is 5.32 Å². The number of Topliss-reactive ketones (excluding diaryl/α,β-unsaturated/α-hetero) is 1. The highest BCUT2D eigenvalue weighted by Crippen LogP contribution is 2.27. The number of para-hydroxylation sites is 1. The van der Waals surface area contributed by atoms with Crippen molar-refractivity contribution in [2.24, 2.45) is 0 Å². The van der Waals surface area contributed by atoms with Crippen LogP contribution in [-0.4, -0.2) is 16.7 Å². The Labute approximate surface area is 119 Å². The van der Waals surface area contributed by atoms with Crippen LogP contribution in [0.3, 0.4) is 0 Å². The largest absolute Gasteiger partial charge is 0.360 e. The van der Waals surface area contributed by atoms with Gasteiger partial charge in [-0.15, -0.1) is 0 Å². The third-order valence-electron chi connectivity index (χ3n) is 2.99. The number of hydrogen-bond donors (Lipinski definition) is 1. The summed E-state index contributed by atoms with van der Waals surface area (Å²) in [7, 11) is 0. The molecule has 0 radical (unpaired) electrons. The number of anilines is 1. The Morgan fingerprint density at radius 2 is 2.00 bits per heavy atom. The van der Waals surface area contributed by atoms with Gasteiger partial charge in [-0.1, -0.05) is 28.9 Å². The van der Waals surface area contributed by atoms with Crippen LogP contribution in [0.1, 0.15) is 26.6 Å². The van der Waals surface area contributed by atoms with Gasteiger partial charge in [0.05, 0.1) is 22.0 Å². The van der Waals surface area contributed by atoms with Gasteiger partial charge >= 0.3 is 0 Å². The molecule has 3 rings (SSSR count). The monoisotopic (exact) mass is 288 g/mol. The fraction of sp³-hybridized carbons (Fsp3) is 0.0714. The number of nitrogens with one attached hydrogen (secondary N) is 1. The van der Waals surface area contributed by atoms with E-state index in [2.05, 4.69) is 10.5 Å². The number of carbonyl (C=O) groups excluding carboxylic acids is 2. The number of ketones is 2. The molecule has 0 spiro atoms. The molecule has 0 saturated carbocycles. The lowest BCUT2D eigenvalue weighted by molar-refractivity contribution is 0.0982. The minimum absolute atomic E-state index is 0.0530. The second-order valence-corrected chi connectivity index (χ2v) is 4.73. The maximum atomic E-state index is 12.3. The Hall–Kier alpha value is -2.40. The number of aryl methyl sites for hydroxylation is 1. The molecule has 1 N–H and O–H groups in total. The molecule has 0 bridgehead atoms. The van der Waals surface area contributed by atoms with E-state index >= 15 is 0 Å². The van der Waals surface area contributed by atoms with Gasteiger partial charge in [-0.05, 0) is 19.1 Å². The summed E-state index contributed by atoms with van der Waals surface area (Å²) in [6.45, 7) is 1.59. The molecule has 0 unspecified atom stereocenters. The molecule has 6 heteroatoms. The third-order valence-corrected chi connectivity index (χ3v) is 3.32. The van der Waals surface area contributed by atoms with Crippen molar-refractivity contribution in [3.8, 4) is 0 Å². The highest BCUT2D eigenvalue weighted by Gasteiger charge is 2.31. The highest BCUT2D eigenvalue weighted by molar-refractivity contribution is 6.33. The summed E-state index contributed by atoms with van der Waals surface area (Å²) in [5.41, 5.74) is 0.963. The van der Waals surface area contributed by atoms with E-state index in [1.165, 1.54) is 6.08 Å². The van der Waals surface area contributed by atoms with Crippen molar-refractivity contribution in [1.29, 1.82) is 0 Å². The van der Waals surface area contributed by atoms with Gasteiger partial charge in [0.25, 0.3) is 0 Å². The molecule has 2 aromatic rings. The Morgan fingerprint density at radius 3 is 2.75 bits per heavy atom. The second-order valence-electron chi connectivity index (χ2n) is 4.32. The molecule has 20 heavy (non-hydrogen) atoms. The van der Waals surface area contributed by atoms with E-state index in [4.69, 9.17) is 16.1 Å². The molecule has 1 aromatic carbocycles. The average Bonchev–Trinajstić information content (AvgIpc) is 2.81. The lowest BCUT2D eigenvalue weighted by atomic mass is 9.97. The molecule has 0 aliphatic heterocycles. The quantitative estimate of drug-likeness (QED) is 0.919. The summed E-state index contributed by atoms with van der Waals surface area (Å²) in [5, 5.41) is 6.94. The SMILES string of the molecule is Cc1onc2c1C(=O)C(Nc1ccccc1Cl)=CC2=O. The molecule has 100 valence electrons. The molecular formula is C14H9ClN2O3. The van der Waals surface area contributed by atoms with Gasteiger partial charge < -0.3 is 9.84 Å². The summed E-state index contributed by atoms with van der Waals surface area (Å²) < 4.78 is 4.90. The standard InChI is InChI=1S/C14H9ClN2O3/c1-7-12-13(17-20-7)11(18)6-10(14(12)19)16-9-5-3-2-4-8(9)15/h2-6,16H,1H3. The molecule has 1 aromatic heterocycles. The van der Waals surface area contributed by atoms with Crippen LogP contribution >= 0.6 is 11.6 Å². The molecule has 0 fully saturated rings. The van der Waals surface area contributed by atoms with Crippen molar-refractivity contribution < 1.29 is 14.1 Å². The topological polar surface area (TPSA) is 72.2 Å². The van der Waals surface area contributed by atoms with E-state index in [0.29, 0.717) is 16.5 Å². The van der Waals surface area contributed by atoms with Crippen molar-refractivity contribution in [2.45, 2.75) is 6.92 Å². The number of hydrogen-bond acceptors (Lipinski definition) is 5. The van der Waals surface area contributed by atoms with Crippen LogP contribution in [-0.2, 0) is 0 Å². The fourth-order valence-electron chi connectivity index (χ4n) is 2.01. The number of fused-ring (bicyclic) bond motifs is 1. The predicted molar refractivity (Wildman–Crippen MR) is 73.1 cm³/mol. The Balaban J connectivity index is 2.00. The number of benzene rings is 1. The number of nitrogens with zero attached hydrogens (tertiary/aromatic N) is 1. The minimum Gasteiger partial charge on any atom is -0.360 e. The molecule has 0 atom stereocenters. The van der Waals surface area contributed by atoms with E-state index in [1.807, 2.05) is 0 Å². The van der Waals surface area contributed by atoms with Crippen LogP contribution in [0.25, 0.3) is 0 Å². The number of carbonyl (C=O) groups is 2. The Kier molecular flexibility index (Phi) is 2.91. The summed E-state index contributed by atoms with van der Waals surface area (Å²) in [5.74, 6) is -0.380. The van der Waals surface area contributed by atoms with E-state index in [-0.39, 0.29) is 28.5 Å². The van der Waals surface area contributed by atoms with Gasteiger partial charge in [-0.2, -0.15) is 0 Å². The molecular weight excluding hydrogens is 280 g/mol. The molecule has 5 nitrogen and oxygen atoms in total. The summed E-state index contributed by atoms with van der Waals surface area (Å²) in [6, 6.07) is 6.96. The zero-order chi connectivity index (χ0) is 14.3. The number of halogens is 1.